The van der Waals surface area contributed by atoms with Crippen molar-refractivity contribution in [3.05, 3.63) is 17.7 Å². The van der Waals surface area contributed by atoms with E-state index >= 15 is 0 Å². The van der Waals surface area contributed by atoms with E-state index in [0.29, 0.717) is 17.2 Å². The number of hydrogen-bond acceptors (Lipinski definition) is 5. The second kappa shape index (κ2) is 5.93. The van der Waals surface area contributed by atoms with Crippen LogP contribution in [0, 0.1) is 0 Å². The first-order valence-electron chi connectivity index (χ1n) is 6.04. The number of piperazine rings is 1. The van der Waals surface area contributed by atoms with E-state index in [2.05, 4.69) is 10.6 Å². The van der Waals surface area contributed by atoms with Crippen LogP contribution in [0.15, 0.2) is 12.1 Å². The van der Waals surface area contributed by atoms with Gasteiger partial charge in [0.05, 0.1) is 21.3 Å². The minimum absolute atomic E-state index is 0.271. The number of nitrogens with one attached hydrogen (secondary N) is 2. The summed E-state index contributed by atoms with van der Waals surface area (Å²) in [4.78, 5) is 0. The van der Waals surface area contributed by atoms with Crippen LogP contribution in [0.25, 0.3) is 0 Å². The van der Waals surface area contributed by atoms with E-state index in [1.807, 2.05) is 12.1 Å². The van der Waals surface area contributed by atoms with Crippen molar-refractivity contribution in [1.29, 1.82) is 0 Å². The minimum atomic E-state index is 0.271. The fourth-order valence-electron chi connectivity index (χ4n) is 2.19. The van der Waals surface area contributed by atoms with Gasteiger partial charge in [0.15, 0.2) is 11.5 Å². The number of methoxy groups -OCH3 is 3. The monoisotopic (exact) mass is 252 g/mol. The summed E-state index contributed by atoms with van der Waals surface area (Å²) >= 11 is 0. The van der Waals surface area contributed by atoms with Gasteiger partial charge in [0.2, 0.25) is 5.75 Å². The van der Waals surface area contributed by atoms with Gasteiger partial charge in [-0.3, -0.25) is 0 Å². The Labute approximate surface area is 107 Å². The van der Waals surface area contributed by atoms with Gasteiger partial charge in [-0.2, -0.15) is 0 Å². The maximum Gasteiger partial charge on any atom is 0.203 e. The van der Waals surface area contributed by atoms with Gasteiger partial charge < -0.3 is 24.8 Å². The highest BCUT2D eigenvalue weighted by Gasteiger charge is 2.19. The molecule has 1 atom stereocenters. The van der Waals surface area contributed by atoms with Crippen LogP contribution >= 0.6 is 0 Å². The highest BCUT2D eigenvalue weighted by Crippen LogP contribution is 2.39. The van der Waals surface area contributed by atoms with Gasteiger partial charge in [-0.05, 0) is 17.7 Å². The molecule has 1 aliphatic rings. The Bertz CT molecular complexity index is 378. The topological polar surface area (TPSA) is 51.8 Å². The van der Waals surface area contributed by atoms with Crippen molar-refractivity contribution in [2.75, 3.05) is 41.0 Å². The molecule has 5 nitrogen and oxygen atoms in total. The van der Waals surface area contributed by atoms with E-state index in [1.165, 1.54) is 0 Å². The maximum atomic E-state index is 5.36. The number of benzene rings is 1. The molecule has 18 heavy (non-hydrogen) atoms. The second-order valence-corrected chi connectivity index (χ2v) is 4.17. The molecule has 0 amide bonds. The van der Waals surface area contributed by atoms with E-state index in [9.17, 15) is 0 Å². The summed E-state index contributed by atoms with van der Waals surface area (Å²) in [7, 11) is 4.88. The van der Waals surface area contributed by atoms with Gasteiger partial charge in [-0.1, -0.05) is 0 Å². The summed E-state index contributed by atoms with van der Waals surface area (Å²) in [6.45, 7) is 2.86. The Kier molecular flexibility index (Phi) is 4.28. The Hall–Kier alpha value is -1.46. The molecule has 0 aromatic heterocycles. The van der Waals surface area contributed by atoms with Crippen LogP contribution in [-0.4, -0.2) is 41.0 Å². The van der Waals surface area contributed by atoms with Crippen LogP contribution in [-0.2, 0) is 0 Å². The summed E-state index contributed by atoms with van der Waals surface area (Å²) < 4.78 is 16.0. The molecule has 1 aromatic carbocycles. The summed E-state index contributed by atoms with van der Waals surface area (Å²) in [6.07, 6.45) is 0. The van der Waals surface area contributed by atoms with Crippen molar-refractivity contribution >= 4 is 0 Å². The third-order valence-corrected chi connectivity index (χ3v) is 3.13. The third kappa shape index (κ3) is 2.52. The van der Waals surface area contributed by atoms with Crippen LogP contribution in [0.4, 0.5) is 0 Å². The van der Waals surface area contributed by atoms with Gasteiger partial charge in [0, 0.05) is 25.7 Å². The van der Waals surface area contributed by atoms with Gasteiger partial charge >= 0.3 is 0 Å². The van der Waals surface area contributed by atoms with E-state index in [1.54, 1.807) is 21.3 Å². The number of rotatable bonds is 4. The summed E-state index contributed by atoms with van der Waals surface area (Å²) in [5.74, 6) is 2.02. The maximum absolute atomic E-state index is 5.36. The minimum Gasteiger partial charge on any atom is -0.493 e. The zero-order chi connectivity index (χ0) is 13.0. The van der Waals surface area contributed by atoms with Gasteiger partial charge in [0.25, 0.3) is 0 Å². The average molecular weight is 252 g/mol. The first kappa shape index (κ1) is 13.0. The van der Waals surface area contributed by atoms with E-state index < -0.39 is 0 Å². The van der Waals surface area contributed by atoms with E-state index in [-0.39, 0.29) is 6.04 Å². The fraction of sp³-hybridized carbons (Fsp3) is 0.538. The quantitative estimate of drug-likeness (QED) is 0.835. The Morgan fingerprint density at radius 3 is 2.11 bits per heavy atom. The van der Waals surface area contributed by atoms with Gasteiger partial charge in [-0.25, -0.2) is 0 Å². The van der Waals surface area contributed by atoms with Crippen LogP contribution in [0.5, 0.6) is 17.2 Å². The highest BCUT2D eigenvalue weighted by molar-refractivity contribution is 5.54. The lowest BCUT2D eigenvalue weighted by Crippen LogP contribution is -2.42. The molecule has 0 unspecified atom stereocenters. The molecular weight excluding hydrogens is 232 g/mol. The summed E-state index contributed by atoms with van der Waals surface area (Å²) in [5, 5.41) is 6.82. The lowest BCUT2D eigenvalue weighted by molar-refractivity contribution is 0.322. The lowest BCUT2D eigenvalue weighted by atomic mass is 10.0. The second-order valence-electron chi connectivity index (χ2n) is 4.17. The van der Waals surface area contributed by atoms with Crippen molar-refractivity contribution < 1.29 is 14.2 Å². The van der Waals surface area contributed by atoms with E-state index in [0.717, 1.165) is 25.2 Å². The normalized spacial score (nSPS) is 19.4. The number of ether oxygens (including phenoxy) is 3. The van der Waals surface area contributed by atoms with Crippen molar-refractivity contribution in [2.24, 2.45) is 0 Å². The lowest BCUT2D eigenvalue weighted by Gasteiger charge is -2.26. The van der Waals surface area contributed by atoms with Gasteiger partial charge in [0.1, 0.15) is 0 Å². The van der Waals surface area contributed by atoms with Crippen molar-refractivity contribution in [3.8, 4) is 17.2 Å². The van der Waals surface area contributed by atoms with Crippen molar-refractivity contribution in [1.82, 2.24) is 10.6 Å². The third-order valence-electron chi connectivity index (χ3n) is 3.13. The standard InChI is InChI=1S/C13H20N2O3/c1-16-11-6-9(10-8-14-4-5-15-10)7-12(17-2)13(11)18-3/h6-7,10,14-15H,4-5,8H2,1-3H3/t10-/m0/s1. The molecule has 0 radical (unpaired) electrons. The molecule has 0 saturated carbocycles. The van der Waals surface area contributed by atoms with Crippen LogP contribution in [0.2, 0.25) is 0 Å². The Morgan fingerprint density at radius 1 is 1.00 bits per heavy atom. The Balaban J connectivity index is 2.35. The molecule has 1 aliphatic heterocycles. The zero-order valence-electron chi connectivity index (χ0n) is 11.1. The van der Waals surface area contributed by atoms with Crippen LogP contribution < -0.4 is 24.8 Å². The first-order chi connectivity index (χ1) is 8.80. The van der Waals surface area contributed by atoms with E-state index in [4.69, 9.17) is 14.2 Å². The predicted octanol–water partition coefficient (Wildman–Crippen LogP) is 0.946. The summed E-state index contributed by atoms with van der Waals surface area (Å²) in [5.41, 5.74) is 1.14. The fourth-order valence-corrected chi connectivity index (χ4v) is 2.19. The molecule has 2 N–H and O–H groups in total. The molecule has 2 rings (SSSR count). The van der Waals surface area contributed by atoms with Crippen molar-refractivity contribution in [2.45, 2.75) is 6.04 Å². The molecule has 1 heterocycles. The largest absolute Gasteiger partial charge is 0.493 e. The predicted molar refractivity (Wildman–Crippen MR) is 69.7 cm³/mol. The summed E-state index contributed by atoms with van der Waals surface area (Å²) in [6, 6.07) is 4.25. The SMILES string of the molecule is COc1cc([C@@H]2CNCCN2)cc(OC)c1OC. The molecule has 100 valence electrons. The highest BCUT2D eigenvalue weighted by atomic mass is 16.5. The molecule has 1 fully saturated rings. The molecule has 0 spiro atoms. The smallest absolute Gasteiger partial charge is 0.203 e. The Morgan fingerprint density at radius 2 is 1.67 bits per heavy atom. The van der Waals surface area contributed by atoms with Gasteiger partial charge in [-0.15, -0.1) is 0 Å². The van der Waals surface area contributed by atoms with Crippen LogP contribution in [0.1, 0.15) is 11.6 Å². The molecule has 1 aromatic rings. The number of hydrogen-bond donors (Lipinski definition) is 2. The molecule has 5 heteroatoms. The molecular formula is C13H20N2O3. The average Bonchev–Trinajstić information content (AvgIpc) is 2.46. The molecule has 0 bridgehead atoms. The zero-order valence-corrected chi connectivity index (χ0v) is 11.1. The van der Waals surface area contributed by atoms with Crippen molar-refractivity contribution in [3.63, 3.8) is 0 Å². The molecule has 0 aliphatic carbocycles. The van der Waals surface area contributed by atoms with Crippen LogP contribution in [0.3, 0.4) is 0 Å². The first-order valence-corrected chi connectivity index (χ1v) is 6.04. The molecule has 1 saturated heterocycles.